The lowest BCUT2D eigenvalue weighted by Gasteiger charge is -2.36. The number of hydrogen-bond donors (Lipinski definition) is 1. The van der Waals surface area contributed by atoms with Crippen molar-refractivity contribution in [1.82, 2.24) is 10.2 Å². The van der Waals surface area contributed by atoms with E-state index in [4.69, 9.17) is 4.74 Å². The van der Waals surface area contributed by atoms with Crippen LogP contribution in [0.15, 0.2) is 0 Å². The van der Waals surface area contributed by atoms with Crippen molar-refractivity contribution in [3.05, 3.63) is 0 Å². The highest BCUT2D eigenvalue weighted by atomic mass is 16.5. The van der Waals surface area contributed by atoms with Crippen LogP contribution < -0.4 is 5.32 Å². The molecule has 1 N–H and O–H groups in total. The molecule has 0 saturated carbocycles. The van der Waals surface area contributed by atoms with E-state index in [1.807, 2.05) is 4.90 Å². The molecule has 0 aliphatic carbocycles. The number of amides is 1. The molecule has 4 heteroatoms. The van der Waals surface area contributed by atoms with Crippen LogP contribution in [0.4, 0.5) is 0 Å². The van der Waals surface area contributed by atoms with Gasteiger partial charge in [-0.2, -0.15) is 0 Å². The van der Waals surface area contributed by atoms with Crippen molar-refractivity contribution in [3.8, 4) is 0 Å². The second-order valence-corrected chi connectivity index (χ2v) is 5.29. The minimum atomic E-state index is 0.149. The molecule has 2 saturated heterocycles. The van der Waals surface area contributed by atoms with E-state index in [1.165, 1.54) is 6.42 Å². The maximum Gasteiger partial charge on any atom is 0.248 e. The Kier molecular flexibility index (Phi) is 3.82. The summed E-state index contributed by atoms with van der Waals surface area (Å²) in [6.45, 7) is 8.33. The van der Waals surface area contributed by atoms with Crippen LogP contribution in [0.25, 0.3) is 0 Å². The average molecular weight is 226 g/mol. The van der Waals surface area contributed by atoms with E-state index in [1.54, 1.807) is 0 Å². The Bertz CT molecular complexity index is 249. The third kappa shape index (κ3) is 2.74. The Morgan fingerprint density at radius 3 is 3.00 bits per heavy atom. The number of ether oxygens (including phenoxy) is 1. The molecular weight excluding hydrogens is 204 g/mol. The molecule has 2 rings (SSSR count). The molecule has 0 aromatic carbocycles. The standard InChI is InChI=1S/C12H22N2O2/c1-9(2)6-14-7-11(16-8-12(14)15)10-3-4-13-5-10/h9-11,13H,3-8H2,1-2H3. The van der Waals surface area contributed by atoms with Crippen LogP contribution in [0.3, 0.4) is 0 Å². The quantitative estimate of drug-likeness (QED) is 0.761. The fourth-order valence-corrected chi connectivity index (χ4v) is 2.54. The van der Waals surface area contributed by atoms with E-state index in [0.717, 1.165) is 26.2 Å². The molecule has 92 valence electrons. The Morgan fingerprint density at radius 1 is 1.56 bits per heavy atom. The molecule has 0 bridgehead atoms. The van der Waals surface area contributed by atoms with Gasteiger partial charge < -0.3 is 15.0 Å². The summed E-state index contributed by atoms with van der Waals surface area (Å²) in [4.78, 5) is 13.6. The van der Waals surface area contributed by atoms with Gasteiger partial charge in [-0.15, -0.1) is 0 Å². The molecule has 0 aromatic rings. The summed E-state index contributed by atoms with van der Waals surface area (Å²) < 4.78 is 5.65. The minimum Gasteiger partial charge on any atom is -0.366 e. The second-order valence-electron chi connectivity index (χ2n) is 5.29. The van der Waals surface area contributed by atoms with Crippen molar-refractivity contribution in [2.24, 2.45) is 11.8 Å². The molecule has 0 spiro atoms. The van der Waals surface area contributed by atoms with Gasteiger partial charge in [-0.25, -0.2) is 0 Å². The second kappa shape index (κ2) is 5.15. The fourth-order valence-electron chi connectivity index (χ4n) is 2.54. The topological polar surface area (TPSA) is 41.6 Å². The van der Waals surface area contributed by atoms with Crippen LogP contribution >= 0.6 is 0 Å². The van der Waals surface area contributed by atoms with E-state index >= 15 is 0 Å². The number of nitrogens with zero attached hydrogens (tertiary/aromatic N) is 1. The molecule has 2 fully saturated rings. The monoisotopic (exact) mass is 226 g/mol. The van der Waals surface area contributed by atoms with Crippen molar-refractivity contribution in [3.63, 3.8) is 0 Å². The van der Waals surface area contributed by atoms with Gasteiger partial charge >= 0.3 is 0 Å². The Labute approximate surface area is 97.3 Å². The normalized spacial score (nSPS) is 31.4. The maximum absolute atomic E-state index is 11.7. The van der Waals surface area contributed by atoms with Crippen LogP contribution in [0.5, 0.6) is 0 Å². The van der Waals surface area contributed by atoms with E-state index in [9.17, 15) is 4.79 Å². The predicted molar refractivity (Wildman–Crippen MR) is 62.1 cm³/mol. The molecule has 2 aliphatic heterocycles. The van der Waals surface area contributed by atoms with Crippen molar-refractivity contribution in [2.75, 3.05) is 32.8 Å². The summed E-state index contributed by atoms with van der Waals surface area (Å²) in [5, 5.41) is 3.35. The fraction of sp³-hybridized carbons (Fsp3) is 0.917. The highest BCUT2D eigenvalue weighted by Gasteiger charge is 2.33. The molecule has 2 aliphatic rings. The smallest absolute Gasteiger partial charge is 0.248 e. The van der Waals surface area contributed by atoms with Gasteiger partial charge in [0.25, 0.3) is 0 Å². The molecule has 0 aromatic heterocycles. The zero-order chi connectivity index (χ0) is 11.5. The lowest BCUT2D eigenvalue weighted by molar-refractivity contribution is -0.152. The number of carbonyl (C=O) groups is 1. The number of morpholine rings is 1. The van der Waals surface area contributed by atoms with Crippen molar-refractivity contribution >= 4 is 5.91 Å². The van der Waals surface area contributed by atoms with Crippen LogP contribution in [-0.2, 0) is 9.53 Å². The van der Waals surface area contributed by atoms with Gasteiger partial charge in [0, 0.05) is 25.6 Å². The predicted octanol–water partition coefficient (Wildman–Crippen LogP) is 0.479. The molecule has 0 radical (unpaired) electrons. The van der Waals surface area contributed by atoms with Crippen LogP contribution in [-0.4, -0.2) is 49.7 Å². The van der Waals surface area contributed by atoms with Gasteiger partial charge in [0.1, 0.15) is 6.61 Å². The highest BCUT2D eigenvalue weighted by Crippen LogP contribution is 2.20. The zero-order valence-electron chi connectivity index (χ0n) is 10.2. The third-order valence-electron chi connectivity index (χ3n) is 3.38. The van der Waals surface area contributed by atoms with Crippen molar-refractivity contribution < 1.29 is 9.53 Å². The molecule has 2 atom stereocenters. The summed E-state index contributed by atoms with van der Waals surface area (Å²) in [7, 11) is 0. The zero-order valence-corrected chi connectivity index (χ0v) is 10.2. The molecular formula is C12H22N2O2. The lowest BCUT2D eigenvalue weighted by Crippen LogP contribution is -2.50. The van der Waals surface area contributed by atoms with E-state index in [0.29, 0.717) is 11.8 Å². The van der Waals surface area contributed by atoms with Gasteiger partial charge in [-0.3, -0.25) is 4.79 Å². The summed E-state index contributed by atoms with van der Waals surface area (Å²) in [6.07, 6.45) is 1.42. The van der Waals surface area contributed by atoms with Gasteiger partial charge in [0.15, 0.2) is 0 Å². The first kappa shape index (κ1) is 11.9. The van der Waals surface area contributed by atoms with Crippen molar-refractivity contribution in [2.45, 2.75) is 26.4 Å². The average Bonchev–Trinajstić information content (AvgIpc) is 2.73. The summed E-state index contributed by atoms with van der Waals surface area (Å²) in [6, 6.07) is 0. The molecule has 2 unspecified atom stereocenters. The summed E-state index contributed by atoms with van der Waals surface area (Å²) in [5.74, 6) is 1.27. The van der Waals surface area contributed by atoms with Gasteiger partial charge in [-0.1, -0.05) is 13.8 Å². The lowest BCUT2D eigenvalue weighted by atomic mass is 9.99. The molecule has 1 amide bonds. The highest BCUT2D eigenvalue weighted by molar-refractivity contribution is 5.78. The van der Waals surface area contributed by atoms with Gasteiger partial charge in [0.05, 0.1) is 6.10 Å². The summed E-state index contributed by atoms with van der Waals surface area (Å²) >= 11 is 0. The first-order valence-corrected chi connectivity index (χ1v) is 6.27. The number of carbonyl (C=O) groups excluding carboxylic acids is 1. The number of hydrogen-bond acceptors (Lipinski definition) is 3. The van der Waals surface area contributed by atoms with E-state index in [-0.39, 0.29) is 18.6 Å². The van der Waals surface area contributed by atoms with Crippen LogP contribution in [0.1, 0.15) is 20.3 Å². The third-order valence-corrected chi connectivity index (χ3v) is 3.38. The van der Waals surface area contributed by atoms with E-state index in [2.05, 4.69) is 19.2 Å². The maximum atomic E-state index is 11.7. The first-order valence-electron chi connectivity index (χ1n) is 6.27. The van der Waals surface area contributed by atoms with Crippen LogP contribution in [0.2, 0.25) is 0 Å². The number of rotatable bonds is 3. The Balaban J connectivity index is 1.90. The molecule has 2 heterocycles. The van der Waals surface area contributed by atoms with Crippen LogP contribution in [0, 0.1) is 11.8 Å². The van der Waals surface area contributed by atoms with Crippen molar-refractivity contribution in [1.29, 1.82) is 0 Å². The van der Waals surface area contributed by atoms with Gasteiger partial charge in [-0.05, 0) is 18.9 Å². The largest absolute Gasteiger partial charge is 0.366 e. The van der Waals surface area contributed by atoms with E-state index < -0.39 is 0 Å². The Morgan fingerprint density at radius 2 is 2.38 bits per heavy atom. The van der Waals surface area contributed by atoms with Gasteiger partial charge in [0.2, 0.25) is 5.91 Å². The number of nitrogens with one attached hydrogen (secondary N) is 1. The Hall–Kier alpha value is -0.610. The molecule has 16 heavy (non-hydrogen) atoms. The minimum absolute atomic E-state index is 0.149. The molecule has 4 nitrogen and oxygen atoms in total. The SMILES string of the molecule is CC(C)CN1CC(C2CCNC2)OCC1=O. The summed E-state index contributed by atoms with van der Waals surface area (Å²) in [5.41, 5.74) is 0. The first-order chi connectivity index (χ1) is 7.66.